The van der Waals surface area contributed by atoms with Gasteiger partial charge in [-0.15, -0.1) is 0 Å². The number of ether oxygens (including phenoxy) is 2. The fourth-order valence-electron chi connectivity index (χ4n) is 3.54. The van der Waals surface area contributed by atoms with Crippen molar-refractivity contribution in [1.82, 2.24) is 0 Å². The van der Waals surface area contributed by atoms with Crippen LogP contribution in [0.4, 0.5) is 11.4 Å². The minimum absolute atomic E-state index is 0.0541. The molecule has 0 aliphatic heterocycles. The minimum atomic E-state index is -3.75. The van der Waals surface area contributed by atoms with Crippen LogP contribution in [0, 0.1) is 0 Å². The molecule has 180 valence electrons. The second kappa shape index (κ2) is 10.6. The van der Waals surface area contributed by atoms with Crippen LogP contribution >= 0.6 is 0 Å². The fourth-order valence-corrected chi connectivity index (χ4v) is 4.43. The maximum absolute atomic E-state index is 13.4. The van der Waals surface area contributed by atoms with Gasteiger partial charge < -0.3 is 14.8 Å². The summed E-state index contributed by atoms with van der Waals surface area (Å²) < 4.78 is 37.7. The lowest BCUT2D eigenvalue weighted by molar-refractivity contribution is 0.102. The molecular formula is C26H30N2O5S. The van der Waals surface area contributed by atoms with Crippen LogP contribution in [0.5, 0.6) is 11.5 Å². The monoisotopic (exact) mass is 482 g/mol. The standard InChI is InChI=1S/C26H30N2O5S/c1-18(2)20-11-13-21(14-12-20)27-26(29)22-15-24(32-3)25(33-4)16-23(22)28(34(5,30)31)17-19-9-7-6-8-10-19/h6-16,18H,17H2,1-5H3,(H,27,29). The third kappa shape index (κ3) is 5.88. The smallest absolute Gasteiger partial charge is 0.257 e. The molecule has 0 bridgehead atoms. The summed E-state index contributed by atoms with van der Waals surface area (Å²) in [7, 11) is -0.829. The van der Waals surface area contributed by atoms with Crippen LogP contribution in [0.15, 0.2) is 66.7 Å². The summed E-state index contributed by atoms with van der Waals surface area (Å²) in [6.45, 7) is 4.24. The third-order valence-electron chi connectivity index (χ3n) is 5.42. The van der Waals surface area contributed by atoms with Crippen molar-refractivity contribution in [3.8, 4) is 11.5 Å². The summed E-state index contributed by atoms with van der Waals surface area (Å²) >= 11 is 0. The molecule has 7 nitrogen and oxygen atoms in total. The maximum Gasteiger partial charge on any atom is 0.257 e. The number of anilines is 2. The highest BCUT2D eigenvalue weighted by Gasteiger charge is 2.26. The third-order valence-corrected chi connectivity index (χ3v) is 6.55. The van der Waals surface area contributed by atoms with Crippen LogP contribution in [0.25, 0.3) is 0 Å². The molecule has 34 heavy (non-hydrogen) atoms. The topological polar surface area (TPSA) is 84.9 Å². The van der Waals surface area contributed by atoms with Gasteiger partial charge in [0.05, 0.1) is 38.3 Å². The summed E-state index contributed by atoms with van der Waals surface area (Å²) in [5.41, 5.74) is 2.87. The van der Waals surface area contributed by atoms with Crippen molar-refractivity contribution in [1.29, 1.82) is 0 Å². The Labute approximate surface area is 201 Å². The Kier molecular flexibility index (Phi) is 7.83. The summed E-state index contributed by atoms with van der Waals surface area (Å²) in [5.74, 6) is 0.537. The molecule has 3 aromatic rings. The number of nitrogens with zero attached hydrogens (tertiary/aromatic N) is 1. The SMILES string of the molecule is COc1cc(C(=O)Nc2ccc(C(C)C)cc2)c(N(Cc2ccccc2)S(C)(=O)=O)cc1OC. The van der Waals surface area contributed by atoms with Crippen LogP contribution in [0.1, 0.15) is 41.3 Å². The second-order valence-corrected chi connectivity index (χ2v) is 10.1. The van der Waals surface area contributed by atoms with Gasteiger partial charge in [-0.3, -0.25) is 9.10 Å². The zero-order valence-electron chi connectivity index (χ0n) is 20.0. The quantitative estimate of drug-likeness (QED) is 0.462. The lowest BCUT2D eigenvalue weighted by atomic mass is 10.0. The molecule has 0 aliphatic rings. The van der Waals surface area contributed by atoms with Gasteiger partial charge in [0.25, 0.3) is 5.91 Å². The Balaban J connectivity index is 2.08. The number of hydrogen-bond donors (Lipinski definition) is 1. The summed E-state index contributed by atoms with van der Waals surface area (Å²) in [6.07, 6.45) is 1.11. The van der Waals surface area contributed by atoms with Crippen molar-refractivity contribution in [3.63, 3.8) is 0 Å². The highest BCUT2D eigenvalue weighted by Crippen LogP contribution is 2.37. The molecule has 3 aromatic carbocycles. The van der Waals surface area contributed by atoms with Gasteiger partial charge >= 0.3 is 0 Å². The summed E-state index contributed by atoms with van der Waals surface area (Å²) in [5, 5.41) is 2.87. The summed E-state index contributed by atoms with van der Waals surface area (Å²) in [6, 6.07) is 19.7. The van der Waals surface area contributed by atoms with E-state index in [9.17, 15) is 13.2 Å². The Morgan fingerprint density at radius 3 is 2.06 bits per heavy atom. The number of benzene rings is 3. The van der Waals surface area contributed by atoms with Crippen molar-refractivity contribution in [3.05, 3.63) is 83.4 Å². The molecule has 0 aromatic heterocycles. The number of methoxy groups -OCH3 is 2. The molecule has 1 amide bonds. The zero-order valence-corrected chi connectivity index (χ0v) is 20.8. The van der Waals surface area contributed by atoms with Gasteiger partial charge in [0.1, 0.15) is 0 Å². The van der Waals surface area contributed by atoms with Crippen LogP contribution in [-0.2, 0) is 16.6 Å². The molecule has 0 atom stereocenters. The normalized spacial score (nSPS) is 11.2. The average Bonchev–Trinajstić information content (AvgIpc) is 2.82. The molecule has 3 rings (SSSR count). The first-order valence-corrected chi connectivity index (χ1v) is 12.7. The van der Waals surface area contributed by atoms with Crippen molar-refractivity contribution in [2.24, 2.45) is 0 Å². The maximum atomic E-state index is 13.4. The van der Waals surface area contributed by atoms with E-state index in [1.807, 2.05) is 54.6 Å². The molecule has 0 heterocycles. The molecule has 0 saturated carbocycles. The molecule has 0 aliphatic carbocycles. The number of rotatable bonds is 9. The van der Waals surface area contributed by atoms with Gasteiger partial charge in [-0.2, -0.15) is 0 Å². The van der Waals surface area contributed by atoms with Gasteiger partial charge in [-0.1, -0.05) is 56.3 Å². The number of carbonyl (C=O) groups is 1. The molecule has 0 fully saturated rings. The highest BCUT2D eigenvalue weighted by molar-refractivity contribution is 7.92. The van der Waals surface area contributed by atoms with E-state index in [-0.39, 0.29) is 17.8 Å². The number of hydrogen-bond acceptors (Lipinski definition) is 5. The van der Waals surface area contributed by atoms with E-state index < -0.39 is 15.9 Å². The Morgan fingerprint density at radius 2 is 1.53 bits per heavy atom. The Hall–Kier alpha value is -3.52. The van der Waals surface area contributed by atoms with E-state index in [0.717, 1.165) is 17.4 Å². The van der Waals surface area contributed by atoms with Gasteiger partial charge in [0.2, 0.25) is 10.0 Å². The van der Waals surface area contributed by atoms with E-state index in [0.29, 0.717) is 23.1 Å². The Bertz CT molecular complexity index is 1240. The molecule has 0 spiro atoms. The molecule has 0 radical (unpaired) electrons. The van der Waals surface area contributed by atoms with Crippen LogP contribution in [0.3, 0.4) is 0 Å². The van der Waals surface area contributed by atoms with Gasteiger partial charge in [-0.25, -0.2) is 8.42 Å². The largest absolute Gasteiger partial charge is 0.493 e. The van der Waals surface area contributed by atoms with Crippen molar-refractivity contribution >= 4 is 27.3 Å². The van der Waals surface area contributed by atoms with Crippen molar-refractivity contribution < 1.29 is 22.7 Å². The molecule has 0 saturated heterocycles. The minimum Gasteiger partial charge on any atom is -0.493 e. The summed E-state index contributed by atoms with van der Waals surface area (Å²) in [4.78, 5) is 13.4. The fraction of sp³-hybridized carbons (Fsp3) is 0.269. The van der Waals surface area contributed by atoms with Crippen LogP contribution in [0.2, 0.25) is 0 Å². The Morgan fingerprint density at radius 1 is 0.941 bits per heavy atom. The molecule has 8 heteroatoms. The van der Waals surface area contributed by atoms with E-state index >= 15 is 0 Å². The van der Waals surface area contributed by atoms with E-state index in [1.54, 1.807) is 0 Å². The van der Waals surface area contributed by atoms with Gasteiger partial charge in [-0.05, 0) is 35.2 Å². The average molecular weight is 483 g/mol. The van der Waals surface area contributed by atoms with Crippen molar-refractivity contribution in [2.75, 3.05) is 30.1 Å². The molecule has 1 N–H and O–H groups in total. The lowest BCUT2D eigenvalue weighted by Crippen LogP contribution is -2.31. The van der Waals surface area contributed by atoms with Crippen LogP contribution < -0.4 is 19.1 Å². The predicted octanol–water partition coefficient (Wildman–Crippen LogP) is 5.05. The van der Waals surface area contributed by atoms with Gasteiger partial charge in [0, 0.05) is 11.8 Å². The predicted molar refractivity (Wildman–Crippen MR) is 135 cm³/mol. The molecule has 0 unspecified atom stereocenters. The molecular weight excluding hydrogens is 452 g/mol. The first kappa shape index (κ1) is 25.1. The van der Waals surface area contributed by atoms with E-state index in [4.69, 9.17) is 9.47 Å². The number of sulfonamides is 1. The first-order valence-electron chi connectivity index (χ1n) is 10.8. The number of carbonyl (C=O) groups excluding carboxylic acids is 1. The number of amides is 1. The first-order chi connectivity index (χ1) is 16.1. The van der Waals surface area contributed by atoms with E-state index in [2.05, 4.69) is 19.2 Å². The van der Waals surface area contributed by atoms with Gasteiger partial charge in [0.15, 0.2) is 11.5 Å². The zero-order chi connectivity index (χ0) is 24.9. The van der Waals surface area contributed by atoms with Crippen LogP contribution in [-0.4, -0.2) is 34.8 Å². The highest BCUT2D eigenvalue weighted by atomic mass is 32.2. The number of nitrogens with one attached hydrogen (secondary N) is 1. The van der Waals surface area contributed by atoms with Crippen molar-refractivity contribution in [2.45, 2.75) is 26.3 Å². The van der Waals surface area contributed by atoms with E-state index in [1.165, 1.54) is 30.7 Å². The lowest BCUT2D eigenvalue weighted by Gasteiger charge is -2.26. The second-order valence-electron chi connectivity index (χ2n) is 8.21.